The van der Waals surface area contributed by atoms with Crippen LogP contribution in [0.1, 0.15) is 19.8 Å². The Balaban J connectivity index is 2.77. The maximum Gasteiger partial charge on any atom is 0.391 e. The molecule has 2 unspecified atom stereocenters. The van der Waals surface area contributed by atoms with Gasteiger partial charge in [0.1, 0.15) is 0 Å². The minimum atomic E-state index is -4.56. The number of halogens is 6. The number of ether oxygens (including phenoxy) is 1. The van der Waals surface area contributed by atoms with E-state index in [9.17, 15) is 26.3 Å². The van der Waals surface area contributed by atoms with Gasteiger partial charge < -0.3 is 10.1 Å². The first-order valence-corrected chi connectivity index (χ1v) is 5.03. The minimum Gasteiger partial charge on any atom is -0.372 e. The van der Waals surface area contributed by atoms with Gasteiger partial charge in [-0.1, -0.05) is 0 Å². The van der Waals surface area contributed by atoms with E-state index < -0.39 is 36.8 Å². The van der Waals surface area contributed by atoms with Crippen molar-refractivity contribution < 1.29 is 31.1 Å². The molecule has 0 bridgehead atoms. The highest BCUT2D eigenvalue weighted by Crippen LogP contribution is 2.37. The molecule has 0 spiro atoms. The SMILES string of the molecule is CC1(CC(F)(F)F)OCCNC1CC(F)(F)F. The van der Waals surface area contributed by atoms with Crippen molar-refractivity contribution in [2.24, 2.45) is 0 Å². The number of nitrogens with one attached hydrogen (secondary N) is 1. The van der Waals surface area contributed by atoms with E-state index in [2.05, 4.69) is 5.32 Å². The van der Waals surface area contributed by atoms with Crippen LogP contribution in [0.4, 0.5) is 26.3 Å². The summed E-state index contributed by atoms with van der Waals surface area (Å²) in [5, 5.41) is 2.44. The molecular formula is C9H13F6NO. The first-order valence-electron chi connectivity index (χ1n) is 5.03. The third-order valence-corrected chi connectivity index (χ3v) is 2.65. The lowest BCUT2D eigenvalue weighted by molar-refractivity contribution is -0.216. The monoisotopic (exact) mass is 265 g/mol. The Morgan fingerprint density at radius 3 is 2.24 bits per heavy atom. The van der Waals surface area contributed by atoms with Gasteiger partial charge in [0.15, 0.2) is 0 Å². The van der Waals surface area contributed by atoms with E-state index >= 15 is 0 Å². The lowest BCUT2D eigenvalue weighted by atomic mass is 9.88. The summed E-state index contributed by atoms with van der Waals surface area (Å²) in [6.07, 6.45) is -11.8. The molecule has 0 aromatic heterocycles. The summed E-state index contributed by atoms with van der Waals surface area (Å²) in [7, 11) is 0. The highest BCUT2D eigenvalue weighted by atomic mass is 19.4. The van der Waals surface area contributed by atoms with E-state index in [-0.39, 0.29) is 13.2 Å². The Kier molecular flexibility index (Phi) is 3.97. The standard InChI is InChI=1S/C9H13F6NO/c1-7(5-9(13,14)15)6(4-8(10,11)12)16-2-3-17-7/h6,16H,2-5H2,1H3. The van der Waals surface area contributed by atoms with Crippen molar-refractivity contribution in [2.75, 3.05) is 13.2 Å². The molecule has 0 radical (unpaired) electrons. The molecule has 0 aliphatic carbocycles. The van der Waals surface area contributed by atoms with Crippen molar-refractivity contribution in [1.29, 1.82) is 0 Å². The van der Waals surface area contributed by atoms with Gasteiger partial charge in [-0.2, -0.15) is 26.3 Å². The summed E-state index contributed by atoms with van der Waals surface area (Å²) in [6.45, 7) is 1.15. The van der Waals surface area contributed by atoms with Gasteiger partial charge in [0.05, 0.1) is 25.0 Å². The van der Waals surface area contributed by atoms with Crippen molar-refractivity contribution in [3.8, 4) is 0 Å². The maximum absolute atomic E-state index is 12.3. The van der Waals surface area contributed by atoms with Gasteiger partial charge in [0.2, 0.25) is 0 Å². The molecule has 0 amide bonds. The predicted molar refractivity (Wildman–Crippen MR) is 47.5 cm³/mol. The number of morpholine rings is 1. The average Bonchev–Trinajstić information content (AvgIpc) is 2.03. The summed E-state index contributed by atoms with van der Waals surface area (Å²) in [5.74, 6) is 0. The summed E-state index contributed by atoms with van der Waals surface area (Å²) in [4.78, 5) is 0. The smallest absolute Gasteiger partial charge is 0.372 e. The lowest BCUT2D eigenvalue weighted by Crippen LogP contribution is -2.59. The van der Waals surface area contributed by atoms with Crippen LogP contribution in [-0.2, 0) is 4.74 Å². The third-order valence-electron chi connectivity index (χ3n) is 2.65. The first-order chi connectivity index (χ1) is 7.52. The molecule has 1 fully saturated rings. The van der Waals surface area contributed by atoms with Gasteiger partial charge in [-0.05, 0) is 6.92 Å². The Morgan fingerprint density at radius 2 is 1.76 bits per heavy atom. The Labute approximate surface area is 94.3 Å². The van der Waals surface area contributed by atoms with Crippen LogP contribution in [0.5, 0.6) is 0 Å². The second-order valence-electron chi connectivity index (χ2n) is 4.28. The van der Waals surface area contributed by atoms with Gasteiger partial charge in [-0.3, -0.25) is 0 Å². The summed E-state index contributed by atoms with van der Waals surface area (Å²) < 4.78 is 78.5. The number of hydrogen-bond donors (Lipinski definition) is 1. The second kappa shape index (κ2) is 4.64. The highest BCUT2D eigenvalue weighted by molar-refractivity contribution is 4.95. The number of alkyl halides is 6. The molecule has 0 aromatic carbocycles. The molecule has 2 atom stereocenters. The van der Waals surface area contributed by atoms with Crippen LogP contribution in [-0.4, -0.2) is 37.1 Å². The molecule has 1 aliphatic heterocycles. The van der Waals surface area contributed by atoms with Crippen molar-refractivity contribution in [3.63, 3.8) is 0 Å². The van der Waals surface area contributed by atoms with E-state index in [1.807, 2.05) is 0 Å². The van der Waals surface area contributed by atoms with E-state index in [0.29, 0.717) is 0 Å². The molecule has 0 saturated carbocycles. The van der Waals surface area contributed by atoms with Crippen LogP contribution in [0.25, 0.3) is 0 Å². The molecule has 1 saturated heterocycles. The molecule has 0 aromatic rings. The van der Waals surface area contributed by atoms with Crippen molar-refractivity contribution >= 4 is 0 Å². The molecular weight excluding hydrogens is 252 g/mol. The fraction of sp³-hybridized carbons (Fsp3) is 1.00. The molecule has 2 nitrogen and oxygen atoms in total. The van der Waals surface area contributed by atoms with Crippen molar-refractivity contribution in [1.82, 2.24) is 5.32 Å². The zero-order valence-electron chi connectivity index (χ0n) is 9.08. The molecule has 1 N–H and O–H groups in total. The topological polar surface area (TPSA) is 21.3 Å². The quantitative estimate of drug-likeness (QED) is 0.775. The van der Waals surface area contributed by atoms with Gasteiger partial charge in [0, 0.05) is 12.6 Å². The van der Waals surface area contributed by atoms with E-state index in [1.54, 1.807) is 0 Å². The molecule has 1 rings (SSSR count). The Hall–Kier alpha value is -0.500. The van der Waals surface area contributed by atoms with Gasteiger partial charge in [-0.15, -0.1) is 0 Å². The second-order valence-corrected chi connectivity index (χ2v) is 4.28. The fourth-order valence-electron chi connectivity index (χ4n) is 1.93. The summed E-state index contributed by atoms with van der Waals surface area (Å²) in [5.41, 5.74) is -1.87. The van der Waals surface area contributed by atoms with Crippen LogP contribution in [0.3, 0.4) is 0 Å². The minimum absolute atomic E-state index is 0.0268. The van der Waals surface area contributed by atoms with Gasteiger partial charge in [0.25, 0.3) is 0 Å². The normalized spacial score (nSPS) is 31.6. The number of rotatable bonds is 2. The first kappa shape index (κ1) is 14.6. The zero-order chi connectivity index (χ0) is 13.3. The van der Waals surface area contributed by atoms with Crippen LogP contribution < -0.4 is 5.32 Å². The molecule has 1 aliphatic rings. The third kappa shape index (κ3) is 4.71. The lowest BCUT2D eigenvalue weighted by Gasteiger charge is -2.42. The average molecular weight is 265 g/mol. The molecule has 8 heteroatoms. The molecule has 102 valence electrons. The zero-order valence-corrected chi connectivity index (χ0v) is 9.08. The van der Waals surface area contributed by atoms with Crippen molar-refractivity contribution in [3.05, 3.63) is 0 Å². The number of hydrogen-bond acceptors (Lipinski definition) is 2. The molecule has 17 heavy (non-hydrogen) atoms. The van der Waals surface area contributed by atoms with Gasteiger partial charge in [-0.25, -0.2) is 0 Å². The summed E-state index contributed by atoms with van der Waals surface area (Å²) >= 11 is 0. The van der Waals surface area contributed by atoms with E-state index in [1.165, 1.54) is 0 Å². The predicted octanol–water partition coefficient (Wildman–Crippen LogP) is 2.64. The van der Waals surface area contributed by atoms with Crippen LogP contribution in [0.15, 0.2) is 0 Å². The summed E-state index contributed by atoms with van der Waals surface area (Å²) in [6, 6.07) is -1.38. The highest BCUT2D eigenvalue weighted by Gasteiger charge is 2.49. The van der Waals surface area contributed by atoms with E-state index in [0.717, 1.165) is 6.92 Å². The Morgan fingerprint density at radius 1 is 1.18 bits per heavy atom. The van der Waals surface area contributed by atoms with Crippen LogP contribution >= 0.6 is 0 Å². The van der Waals surface area contributed by atoms with E-state index in [4.69, 9.17) is 4.74 Å². The Bertz CT molecular complexity index is 263. The van der Waals surface area contributed by atoms with Gasteiger partial charge >= 0.3 is 12.4 Å². The fourth-order valence-corrected chi connectivity index (χ4v) is 1.93. The van der Waals surface area contributed by atoms with Crippen molar-refractivity contribution in [2.45, 2.75) is 43.8 Å². The molecule has 1 heterocycles. The van der Waals surface area contributed by atoms with Crippen LogP contribution in [0, 0.1) is 0 Å². The largest absolute Gasteiger partial charge is 0.391 e. The van der Waals surface area contributed by atoms with Crippen LogP contribution in [0.2, 0.25) is 0 Å². The maximum atomic E-state index is 12.3.